The zero-order chi connectivity index (χ0) is 23.0. The molecule has 7 nitrogen and oxygen atoms in total. The highest BCUT2D eigenvalue weighted by atomic mass is 35.5. The van der Waals surface area contributed by atoms with Gasteiger partial charge in [-0.05, 0) is 67.9 Å². The lowest BCUT2D eigenvalue weighted by molar-refractivity contribution is -0.139. The molecule has 1 aromatic heterocycles. The number of thioether (sulfide) groups is 1. The number of hydrogen-bond acceptors (Lipinski definition) is 5. The van der Waals surface area contributed by atoms with Crippen LogP contribution in [0.2, 0.25) is 5.02 Å². The van der Waals surface area contributed by atoms with Crippen LogP contribution in [0.5, 0.6) is 0 Å². The predicted molar refractivity (Wildman–Crippen MR) is 125 cm³/mol. The van der Waals surface area contributed by atoms with Crippen molar-refractivity contribution in [3.05, 3.63) is 56.7 Å². The molecule has 2 fully saturated rings. The van der Waals surface area contributed by atoms with E-state index in [-0.39, 0.29) is 12.5 Å². The highest BCUT2D eigenvalue weighted by Gasteiger charge is 2.37. The van der Waals surface area contributed by atoms with Gasteiger partial charge in [0.25, 0.3) is 11.1 Å². The maximum atomic E-state index is 12.9. The number of carbonyl (C=O) groups is 3. The Morgan fingerprint density at radius 1 is 1.16 bits per heavy atom. The highest BCUT2D eigenvalue weighted by molar-refractivity contribution is 8.18. The molecule has 32 heavy (non-hydrogen) atoms. The van der Waals surface area contributed by atoms with Gasteiger partial charge in [-0.25, -0.2) is 0 Å². The topological polar surface area (TPSA) is 71.8 Å². The number of rotatable bonds is 4. The number of aryl methyl sites for hydroxylation is 2. The summed E-state index contributed by atoms with van der Waals surface area (Å²) < 4.78 is 7.33. The fraction of sp³-hybridized carbons (Fsp3) is 0.348. The molecule has 3 heterocycles. The summed E-state index contributed by atoms with van der Waals surface area (Å²) in [6.45, 7) is 7.59. The Bertz CT molecular complexity index is 1130. The molecule has 0 radical (unpaired) electrons. The summed E-state index contributed by atoms with van der Waals surface area (Å²) in [4.78, 5) is 40.9. The van der Waals surface area contributed by atoms with Gasteiger partial charge in [-0.15, -0.1) is 0 Å². The Hall–Kier alpha value is -2.55. The van der Waals surface area contributed by atoms with E-state index in [2.05, 4.69) is 4.57 Å². The molecule has 0 N–H and O–H groups in total. The van der Waals surface area contributed by atoms with Crippen molar-refractivity contribution in [1.82, 2.24) is 14.4 Å². The van der Waals surface area contributed by atoms with Crippen molar-refractivity contribution in [3.8, 4) is 5.69 Å². The summed E-state index contributed by atoms with van der Waals surface area (Å²) in [6.07, 6.45) is 1.73. The number of hydrogen-bond donors (Lipinski definition) is 0. The van der Waals surface area contributed by atoms with Gasteiger partial charge in [0.15, 0.2) is 0 Å². The van der Waals surface area contributed by atoms with Crippen LogP contribution in [0.15, 0.2) is 29.2 Å². The summed E-state index contributed by atoms with van der Waals surface area (Å²) in [5, 5.41) is 0.216. The van der Waals surface area contributed by atoms with Gasteiger partial charge in [-0.2, -0.15) is 0 Å². The molecule has 9 heteroatoms. The van der Waals surface area contributed by atoms with Crippen molar-refractivity contribution in [2.75, 3.05) is 32.8 Å². The highest BCUT2D eigenvalue weighted by Crippen LogP contribution is 2.34. The smallest absolute Gasteiger partial charge is 0.294 e. The molecule has 2 saturated heterocycles. The van der Waals surface area contributed by atoms with E-state index in [4.69, 9.17) is 16.3 Å². The Morgan fingerprint density at radius 2 is 1.88 bits per heavy atom. The summed E-state index contributed by atoms with van der Waals surface area (Å²) in [5.74, 6) is -0.684. The second-order valence-electron chi connectivity index (χ2n) is 7.85. The van der Waals surface area contributed by atoms with E-state index >= 15 is 0 Å². The lowest BCUT2D eigenvalue weighted by Gasteiger charge is -2.28. The van der Waals surface area contributed by atoms with Crippen molar-refractivity contribution in [1.29, 1.82) is 0 Å². The molecule has 3 amide bonds. The van der Waals surface area contributed by atoms with Crippen molar-refractivity contribution in [2.24, 2.45) is 0 Å². The minimum atomic E-state index is -0.439. The van der Waals surface area contributed by atoms with Gasteiger partial charge in [0.1, 0.15) is 6.54 Å². The van der Waals surface area contributed by atoms with Gasteiger partial charge in [-0.3, -0.25) is 19.3 Å². The Labute approximate surface area is 195 Å². The van der Waals surface area contributed by atoms with Crippen molar-refractivity contribution in [2.45, 2.75) is 20.8 Å². The fourth-order valence-corrected chi connectivity index (χ4v) is 4.95. The van der Waals surface area contributed by atoms with Crippen molar-refractivity contribution in [3.63, 3.8) is 0 Å². The number of benzene rings is 1. The first-order valence-electron chi connectivity index (χ1n) is 10.3. The second kappa shape index (κ2) is 9.13. The third-order valence-electron chi connectivity index (χ3n) is 5.70. The quantitative estimate of drug-likeness (QED) is 0.629. The van der Waals surface area contributed by atoms with Crippen LogP contribution >= 0.6 is 23.4 Å². The molecule has 0 spiro atoms. The Balaban J connectivity index is 1.58. The van der Waals surface area contributed by atoms with Crippen LogP contribution in [0.3, 0.4) is 0 Å². The minimum Gasteiger partial charge on any atom is -0.378 e. The summed E-state index contributed by atoms with van der Waals surface area (Å²) >= 11 is 7.07. The largest absolute Gasteiger partial charge is 0.378 e. The number of nitrogens with zero attached hydrogens (tertiary/aromatic N) is 3. The molecule has 4 rings (SSSR count). The molecule has 168 valence electrons. The first kappa shape index (κ1) is 22.6. The van der Waals surface area contributed by atoms with Crippen molar-refractivity contribution < 1.29 is 19.1 Å². The Kier molecular flexibility index (Phi) is 6.46. The second-order valence-corrected chi connectivity index (χ2v) is 9.28. The van der Waals surface area contributed by atoms with Crippen LogP contribution < -0.4 is 0 Å². The molecule has 0 atom stereocenters. The maximum absolute atomic E-state index is 12.9. The first-order chi connectivity index (χ1) is 15.3. The number of imide groups is 1. The number of carbonyl (C=O) groups excluding carboxylic acids is 3. The van der Waals surface area contributed by atoms with E-state index in [1.165, 1.54) is 0 Å². The molecule has 2 aliphatic rings. The summed E-state index contributed by atoms with van der Waals surface area (Å²) in [7, 11) is 0. The van der Waals surface area contributed by atoms with Crippen LogP contribution in [0, 0.1) is 20.8 Å². The monoisotopic (exact) mass is 473 g/mol. The van der Waals surface area contributed by atoms with Crippen LogP contribution in [0.1, 0.15) is 22.5 Å². The van der Waals surface area contributed by atoms with Crippen molar-refractivity contribution >= 4 is 46.5 Å². The van der Waals surface area contributed by atoms with Crippen LogP contribution in [0.4, 0.5) is 4.79 Å². The van der Waals surface area contributed by atoms with Gasteiger partial charge >= 0.3 is 0 Å². The maximum Gasteiger partial charge on any atom is 0.294 e. The SMILES string of the molecule is Cc1ccc(Cl)cc1-n1c(C)cc(/C=C2\SC(=O)N(CC(=O)N3CCOCC3)C2=O)c1C. The van der Waals surface area contributed by atoms with E-state index in [1.54, 1.807) is 11.0 Å². The number of aromatic nitrogens is 1. The van der Waals surface area contributed by atoms with E-state index < -0.39 is 11.1 Å². The zero-order valence-corrected chi connectivity index (χ0v) is 19.8. The van der Waals surface area contributed by atoms with E-state index in [0.29, 0.717) is 36.2 Å². The van der Waals surface area contributed by atoms with E-state index in [1.807, 2.05) is 45.0 Å². The van der Waals surface area contributed by atoms with Gasteiger partial charge in [0.05, 0.1) is 18.1 Å². The van der Waals surface area contributed by atoms with Gasteiger partial charge in [0.2, 0.25) is 5.91 Å². The standard InChI is InChI=1S/C23H24ClN3O4S/c1-14-4-5-18(24)12-19(14)27-15(2)10-17(16(27)3)11-20-22(29)26(23(30)32-20)13-21(28)25-6-8-31-9-7-25/h4-5,10-12H,6-9,13H2,1-3H3/b20-11-. The zero-order valence-electron chi connectivity index (χ0n) is 18.2. The van der Waals surface area contributed by atoms with Crippen LogP contribution in [0.25, 0.3) is 11.8 Å². The van der Waals surface area contributed by atoms with Gasteiger partial charge in [-0.1, -0.05) is 17.7 Å². The third kappa shape index (κ3) is 4.35. The van der Waals surface area contributed by atoms with E-state index in [9.17, 15) is 14.4 Å². The molecule has 0 bridgehead atoms. The van der Waals surface area contributed by atoms with Gasteiger partial charge in [0, 0.05) is 35.2 Å². The summed E-state index contributed by atoms with van der Waals surface area (Å²) in [6, 6.07) is 7.70. The average Bonchev–Trinajstić information content (AvgIpc) is 3.19. The Morgan fingerprint density at radius 3 is 2.59 bits per heavy atom. The molecule has 0 unspecified atom stereocenters. The fourth-order valence-electron chi connectivity index (χ4n) is 3.95. The molecule has 2 aliphatic heterocycles. The van der Waals surface area contributed by atoms with Crippen LogP contribution in [-0.4, -0.2) is 64.3 Å². The number of halogens is 1. The molecule has 0 aliphatic carbocycles. The molecular formula is C23H24ClN3O4S. The first-order valence-corrected chi connectivity index (χ1v) is 11.5. The normalized spacial score (nSPS) is 18.2. The number of amides is 3. The molecule has 2 aromatic rings. The van der Waals surface area contributed by atoms with Crippen LogP contribution in [-0.2, 0) is 14.3 Å². The van der Waals surface area contributed by atoms with Gasteiger partial charge < -0.3 is 14.2 Å². The average molecular weight is 474 g/mol. The lowest BCUT2D eigenvalue weighted by Crippen LogP contribution is -2.46. The number of morpholine rings is 1. The third-order valence-corrected chi connectivity index (χ3v) is 6.84. The predicted octanol–water partition coefficient (Wildman–Crippen LogP) is 3.95. The lowest BCUT2D eigenvalue weighted by atomic mass is 10.2. The molecule has 1 aromatic carbocycles. The number of ether oxygens (including phenoxy) is 1. The molecular weight excluding hydrogens is 450 g/mol. The minimum absolute atomic E-state index is 0.244. The summed E-state index contributed by atoms with van der Waals surface area (Å²) in [5.41, 5.74) is 4.80. The molecule has 0 saturated carbocycles. The van der Waals surface area contributed by atoms with E-state index in [0.717, 1.165) is 44.9 Å².